The van der Waals surface area contributed by atoms with E-state index in [0.717, 1.165) is 6.07 Å². The van der Waals surface area contributed by atoms with Gasteiger partial charge in [-0.15, -0.1) is 0 Å². The molecule has 1 rings (SSSR count). The second-order valence-electron chi connectivity index (χ2n) is 3.16. The molecule has 0 spiro atoms. The zero-order chi connectivity index (χ0) is 11.4. The van der Waals surface area contributed by atoms with Crippen LogP contribution in [0.15, 0.2) is 12.1 Å². The van der Waals surface area contributed by atoms with Gasteiger partial charge in [-0.2, -0.15) is 0 Å². The molecule has 3 nitrogen and oxygen atoms in total. The highest BCUT2D eigenvalue weighted by atomic mass is 19.1. The molecule has 1 aromatic rings. The van der Waals surface area contributed by atoms with Gasteiger partial charge in [0, 0.05) is 11.6 Å². The molecule has 0 aromatic heterocycles. The summed E-state index contributed by atoms with van der Waals surface area (Å²) in [5.74, 6) is -1.44. The van der Waals surface area contributed by atoms with Crippen molar-refractivity contribution in [1.82, 2.24) is 0 Å². The van der Waals surface area contributed by atoms with Gasteiger partial charge in [0.05, 0.1) is 7.11 Å². The molecule has 0 bridgehead atoms. The van der Waals surface area contributed by atoms with Gasteiger partial charge in [-0.05, 0) is 25.1 Å². The van der Waals surface area contributed by atoms with E-state index in [1.54, 1.807) is 0 Å². The maximum atomic E-state index is 13.6. The van der Waals surface area contributed by atoms with Crippen LogP contribution >= 0.6 is 0 Å². The van der Waals surface area contributed by atoms with Crippen molar-refractivity contribution < 1.29 is 13.5 Å². The first kappa shape index (κ1) is 11.9. The van der Waals surface area contributed by atoms with Crippen LogP contribution in [0.2, 0.25) is 0 Å². The standard InChI is InChI=1S/C10H14F2N2O/c1-15-8-3-2-6(11)9(10(8)12)7(14)4-5-13/h2-3,7H,4-5,13-14H2,1H3/t7-/m1/s1. The fourth-order valence-corrected chi connectivity index (χ4v) is 1.37. The Morgan fingerprint density at radius 1 is 1.40 bits per heavy atom. The Hall–Kier alpha value is -1.20. The Balaban J connectivity index is 3.14. The first-order chi connectivity index (χ1) is 7.11. The van der Waals surface area contributed by atoms with Crippen molar-refractivity contribution in [3.8, 4) is 5.75 Å². The van der Waals surface area contributed by atoms with Crippen molar-refractivity contribution in [3.05, 3.63) is 29.3 Å². The third-order valence-corrected chi connectivity index (χ3v) is 2.16. The molecule has 0 unspecified atom stereocenters. The highest BCUT2D eigenvalue weighted by Crippen LogP contribution is 2.27. The van der Waals surface area contributed by atoms with Gasteiger partial charge in [0.25, 0.3) is 0 Å². The lowest BCUT2D eigenvalue weighted by molar-refractivity contribution is 0.377. The molecule has 0 fully saturated rings. The summed E-state index contributed by atoms with van der Waals surface area (Å²) in [6.45, 7) is 0.275. The Morgan fingerprint density at radius 3 is 2.60 bits per heavy atom. The number of methoxy groups -OCH3 is 1. The van der Waals surface area contributed by atoms with Crippen molar-refractivity contribution in [2.75, 3.05) is 13.7 Å². The smallest absolute Gasteiger partial charge is 0.172 e. The Morgan fingerprint density at radius 2 is 2.07 bits per heavy atom. The van der Waals surface area contributed by atoms with Crippen LogP contribution in [-0.2, 0) is 0 Å². The molecule has 15 heavy (non-hydrogen) atoms. The molecule has 0 aliphatic heterocycles. The molecule has 0 aliphatic rings. The molecule has 5 heteroatoms. The third-order valence-electron chi connectivity index (χ3n) is 2.16. The van der Waals surface area contributed by atoms with E-state index in [0.29, 0.717) is 6.42 Å². The number of hydrogen-bond acceptors (Lipinski definition) is 3. The van der Waals surface area contributed by atoms with Crippen LogP contribution in [-0.4, -0.2) is 13.7 Å². The van der Waals surface area contributed by atoms with Gasteiger partial charge in [-0.1, -0.05) is 0 Å². The maximum absolute atomic E-state index is 13.6. The minimum atomic E-state index is -0.751. The number of halogens is 2. The molecule has 0 saturated carbocycles. The molecule has 1 atom stereocenters. The van der Waals surface area contributed by atoms with Crippen LogP contribution in [0.4, 0.5) is 8.78 Å². The van der Waals surface area contributed by atoms with E-state index in [-0.39, 0.29) is 17.9 Å². The zero-order valence-electron chi connectivity index (χ0n) is 8.47. The number of ether oxygens (including phenoxy) is 1. The van der Waals surface area contributed by atoms with Gasteiger partial charge >= 0.3 is 0 Å². The average molecular weight is 216 g/mol. The average Bonchev–Trinajstić information content (AvgIpc) is 2.18. The van der Waals surface area contributed by atoms with Crippen LogP contribution in [0.3, 0.4) is 0 Å². The maximum Gasteiger partial charge on any atom is 0.172 e. The fourth-order valence-electron chi connectivity index (χ4n) is 1.37. The van der Waals surface area contributed by atoms with E-state index in [1.807, 2.05) is 0 Å². The quantitative estimate of drug-likeness (QED) is 0.798. The summed E-state index contributed by atoms with van der Waals surface area (Å²) in [5.41, 5.74) is 10.7. The van der Waals surface area contributed by atoms with E-state index in [2.05, 4.69) is 0 Å². The molecule has 1 aromatic carbocycles. The second kappa shape index (κ2) is 5.04. The Labute approximate surface area is 87.0 Å². The van der Waals surface area contributed by atoms with E-state index in [9.17, 15) is 8.78 Å². The van der Waals surface area contributed by atoms with E-state index >= 15 is 0 Å². The van der Waals surface area contributed by atoms with Crippen LogP contribution in [0.25, 0.3) is 0 Å². The molecular weight excluding hydrogens is 202 g/mol. The second-order valence-corrected chi connectivity index (χ2v) is 3.16. The van der Waals surface area contributed by atoms with Crippen molar-refractivity contribution in [2.45, 2.75) is 12.5 Å². The predicted molar refractivity (Wildman–Crippen MR) is 53.5 cm³/mol. The summed E-state index contributed by atoms with van der Waals surface area (Å²) in [4.78, 5) is 0. The lowest BCUT2D eigenvalue weighted by Crippen LogP contribution is -2.18. The molecule has 0 radical (unpaired) electrons. The number of hydrogen-bond donors (Lipinski definition) is 2. The summed E-state index contributed by atoms with van der Waals surface area (Å²) in [6.07, 6.45) is 0.320. The minimum Gasteiger partial charge on any atom is -0.494 e. The third kappa shape index (κ3) is 2.43. The zero-order valence-corrected chi connectivity index (χ0v) is 8.47. The Kier molecular flexibility index (Phi) is 3.99. The predicted octanol–water partition coefficient (Wildman–Crippen LogP) is 1.32. The van der Waals surface area contributed by atoms with Gasteiger partial charge in [0.2, 0.25) is 0 Å². The number of rotatable bonds is 4. The SMILES string of the molecule is COc1ccc(F)c([C@H](N)CCN)c1F. The highest BCUT2D eigenvalue weighted by molar-refractivity contribution is 5.34. The summed E-state index contributed by atoms with van der Waals surface area (Å²) in [5, 5.41) is 0. The largest absolute Gasteiger partial charge is 0.494 e. The van der Waals surface area contributed by atoms with E-state index in [1.165, 1.54) is 13.2 Å². The molecule has 84 valence electrons. The van der Waals surface area contributed by atoms with Crippen molar-refractivity contribution in [2.24, 2.45) is 11.5 Å². The van der Waals surface area contributed by atoms with Gasteiger partial charge in [0.15, 0.2) is 11.6 Å². The van der Waals surface area contributed by atoms with Gasteiger partial charge in [-0.25, -0.2) is 8.78 Å². The molecule has 0 amide bonds. The van der Waals surface area contributed by atoms with Crippen molar-refractivity contribution >= 4 is 0 Å². The first-order valence-electron chi connectivity index (χ1n) is 4.59. The first-order valence-corrected chi connectivity index (χ1v) is 4.59. The lowest BCUT2D eigenvalue weighted by atomic mass is 10.0. The van der Waals surface area contributed by atoms with Crippen LogP contribution < -0.4 is 16.2 Å². The van der Waals surface area contributed by atoms with Gasteiger partial charge in [0.1, 0.15) is 5.82 Å². The van der Waals surface area contributed by atoms with Crippen molar-refractivity contribution in [1.29, 1.82) is 0 Å². The monoisotopic (exact) mass is 216 g/mol. The number of nitrogens with two attached hydrogens (primary N) is 2. The molecule has 4 N–H and O–H groups in total. The summed E-state index contributed by atoms with van der Waals surface area (Å²) < 4.78 is 31.7. The van der Waals surface area contributed by atoms with E-state index in [4.69, 9.17) is 16.2 Å². The molecular formula is C10H14F2N2O. The van der Waals surface area contributed by atoms with Crippen LogP contribution in [0.1, 0.15) is 18.0 Å². The van der Waals surface area contributed by atoms with Gasteiger partial charge < -0.3 is 16.2 Å². The van der Waals surface area contributed by atoms with Crippen molar-refractivity contribution in [3.63, 3.8) is 0 Å². The van der Waals surface area contributed by atoms with Crippen LogP contribution in [0, 0.1) is 11.6 Å². The normalized spacial score (nSPS) is 12.6. The number of benzene rings is 1. The lowest BCUT2D eigenvalue weighted by Gasteiger charge is -2.14. The van der Waals surface area contributed by atoms with Crippen LogP contribution in [0.5, 0.6) is 5.75 Å². The summed E-state index contributed by atoms with van der Waals surface area (Å²) in [6, 6.07) is 1.61. The summed E-state index contributed by atoms with van der Waals surface area (Å²) in [7, 11) is 1.31. The fraction of sp³-hybridized carbons (Fsp3) is 0.400. The molecule has 0 saturated heterocycles. The highest BCUT2D eigenvalue weighted by Gasteiger charge is 2.19. The molecule has 0 heterocycles. The van der Waals surface area contributed by atoms with E-state index < -0.39 is 17.7 Å². The molecule has 0 aliphatic carbocycles. The minimum absolute atomic E-state index is 0.0149. The van der Waals surface area contributed by atoms with Gasteiger partial charge in [-0.3, -0.25) is 0 Å². The summed E-state index contributed by atoms with van der Waals surface area (Å²) >= 11 is 0. The Bertz CT molecular complexity index is 344. The topological polar surface area (TPSA) is 61.3 Å².